The van der Waals surface area contributed by atoms with E-state index in [-0.39, 0.29) is 41.8 Å². The minimum atomic E-state index is -3.68. The van der Waals surface area contributed by atoms with E-state index in [4.69, 9.17) is 10.5 Å². The predicted molar refractivity (Wildman–Crippen MR) is 116 cm³/mol. The third-order valence-corrected chi connectivity index (χ3v) is 5.52. The molecule has 0 aliphatic rings. The van der Waals surface area contributed by atoms with Crippen LogP contribution in [-0.2, 0) is 10.2 Å². The molecule has 0 spiro atoms. The van der Waals surface area contributed by atoms with Crippen molar-refractivity contribution in [1.29, 1.82) is 0 Å². The van der Waals surface area contributed by atoms with Crippen LogP contribution in [0.5, 0.6) is 5.88 Å². The number of nitrogens with zero attached hydrogens (tertiary/aromatic N) is 3. The molecule has 13 heteroatoms. The molecular weight excluding hydrogens is 461 g/mol. The summed E-state index contributed by atoms with van der Waals surface area (Å²) in [6.45, 7) is 1.28. The van der Waals surface area contributed by atoms with Gasteiger partial charge in [-0.2, -0.15) is 18.1 Å². The molecule has 0 bridgehead atoms. The third-order valence-electron chi connectivity index (χ3n) is 4.40. The van der Waals surface area contributed by atoms with Gasteiger partial charge in [0.2, 0.25) is 11.8 Å². The molecule has 9 nitrogen and oxygen atoms in total. The lowest BCUT2D eigenvalue weighted by atomic mass is 9.99. The van der Waals surface area contributed by atoms with Crippen molar-refractivity contribution in [3.63, 3.8) is 0 Å². The SMILES string of the molecule is CNS(=O)(=O)NCCOc1nc(N)nc(-c2ccc(F)cc2)c1-c1cc(C)nc(C(F)F)c1. The molecule has 2 aromatic heterocycles. The molecule has 1 aromatic carbocycles. The Morgan fingerprint density at radius 3 is 2.42 bits per heavy atom. The van der Waals surface area contributed by atoms with Gasteiger partial charge in [-0.05, 0) is 48.9 Å². The van der Waals surface area contributed by atoms with Crippen LogP contribution in [0.3, 0.4) is 0 Å². The van der Waals surface area contributed by atoms with Gasteiger partial charge in [0.05, 0.1) is 11.3 Å². The summed E-state index contributed by atoms with van der Waals surface area (Å²) in [4.78, 5) is 12.2. The summed E-state index contributed by atoms with van der Waals surface area (Å²) in [6, 6.07) is 8.06. The standard InChI is InChI=1S/C20H21F3N6O3S/c1-11-9-13(10-15(27-11)18(22)23)16-17(12-3-5-14(21)6-4-12)28-20(24)29-19(16)32-8-7-26-33(30,31)25-2/h3-6,9-10,18,25-26H,7-8H2,1-2H3,(H2,24,28,29). The maximum absolute atomic E-state index is 13.5. The number of anilines is 1. The van der Waals surface area contributed by atoms with Gasteiger partial charge in [0.25, 0.3) is 16.6 Å². The van der Waals surface area contributed by atoms with Crippen molar-refractivity contribution in [3.8, 4) is 28.3 Å². The number of pyridine rings is 1. The summed E-state index contributed by atoms with van der Waals surface area (Å²) < 4.78 is 73.4. The predicted octanol–water partition coefficient (Wildman–Crippen LogP) is 2.61. The highest BCUT2D eigenvalue weighted by Gasteiger charge is 2.21. The number of aromatic nitrogens is 3. The Kier molecular flexibility index (Phi) is 7.46. The quantitative estimate of drug-likeness (QED) is 0.400. The zero-order chi connectivity index (χ0) is 24.2. The van der Waals surface area contributed by atoms with Crippen LogP contribution in [0.2, 0.25) is 0 Å². The number of alkyl halides is 2. The summed E-state index contributed by atoms with van der Waals surface area (Å²) in [5.74, 6) is -0.713. The van der Waals surface area contributed by atoms with Crippen LogP contribution in [0.4, 0.5) is 19.1 Å². The molecule has 0 fully saturated rings. The molecule has 0 atom stereocenters. The van der Waals surface area contributed by atoms with E-state index in [0.717, 1.165) is 0 Å². The number of hydrogen-bond acceptors (Lipinski definition) is 7. The van der Waals surface area contributed by atoms with E-state index in [1.807, 2.05) is 0 Å². The highest BCUT2D eigenvalue weighted by atomic mass is 32.2. The van der Waals surface area contributed by atoms with E-state index in [1.165, 1.54) is 37.4 Å². The number of rotatable bonds is 9. The number of halogens is 3. The summed E-state index contributed by atoms with van der Waals surface area (Å²) in [6.07, 6.45) is -2.83. The molecule has 2 heterocycles. The third kappa shape index (κ3) is 6.15. The van der Waals surface area contributed by atoms with Gasteiger partial charge in [-0.25, -0.2) is 22.9 Å². The van der Waals surface area contributed by atoms with Gasteiger partial charge >= 0.3 is 0 Å². The van der Waals surface area contributed by atoms with Crippen LogP contribution in [0.15, 0.2) is 36.4 Å². The number of nitrogens with one attached hydrogen (secondary N) is 2. The second-order valence-electron chi connectivity index (χ2n) is 6.79. The van der Waals surface area contributed by atoms with Gasteiger partial charge in [-0.1, -0.05) is 0 Å². The molecule has 3 aromatic rings. The Morgan fingerprint density at radius 1 is 1.09 bits per heavy atom. The molecule has 0 radical (unpaired) electrons. The summed E-state index contributed by atoms with van der Waals surface area (Å²) >= 11 is 0. The first kappa shape index (κ1) is 24.4. The monoisotopic (exact) mass is 482 g/mol. The van der Waals surface area contributed by atoms with Crippen molar-refractivity contribution in [1.82, 2.24) is 24.4 Å². The highest BCUT2D eigenvalue weighted by molar-refractivity contribution is 7.87. The molecule has 33 heavy (non-hydrogen) atoms. The van der Waals surface area contributed by atoms with E-state index < -0.39 is 28.1 Å². The normalized spacial score (nSPS) is 11.7. The molecule has 4 N–H and O–H groups in total. The van der Waals surface area contributed by atoms with Crippen LogP contribution in [0.25, 0.3) is 22.4 Å². The first-order valence-corrected chi connectivity index (χ1v) is 11.1. The second kappa shape index (κ2) is 10.1. The van der Waals surface area contributed by atoms with E-state index in [0.29, 0.717) is 11.3 Å². The minimum Gasteiger partial charge on any atom is -0.476 e. The Bertz CT molecular complexity index is 1240. The average Bonchev–Trinajstić information content (AvgIpc) is 2.76. The van der Waals surface area contributed by atoms with Crippen LogP contribution >= 0.6 is 0 Å². The fourth-order valence-electron chi connectivity index (χ4n) is 2.98. The van der Waals surface area contributed by atoms with Crippen LogP contribution in [0, 0.1) is 12.7 Å². The summed E-state index contributed by atoms with van der Waals surface area (Å²) in [5.41, 5.74) is 6.87. The second-order valence-corrected chi connectivity index (χ2v) is 8.49. The molecular formula is C20H21F3N6O3S. The first-order valence-electron chi connectivity index (χ1n) is 9.61. The summed E-state index contributed by atoms with van der Waals surface area (Å²) in [5, 5.41) is 0. The zero-order valence-electron chi connectivity index (χ0n) is 17.6. The van der Waals surface area contributed by atoms with Crippen LogP contribution < -0.4 is 19.9 Å². The lowest BCUT2D eigenvalue weighted by Gasteiger charge is -2.16. The van der Waals surface area contributed by atoms with Crippen molar-refractivity contribution < 1.29 is 26.3 Å². The van der Waals surface area contributed by atoms with E-state index in [1.54, 1.807) is 13.0 Å². The minimum absolute atomic E-state index is 0.0590. The topological polar surface area (TPSA) is 132 Å². The Balaban J connectivity index is 2.12. The number of benzene rings is 1. The van der Waals surface area contributed by atoms with Crippen molar-refractivity contribution in [3.05, 3.63) is 53.6 Å². The molecule has 3 rings (SSSR count). The molecule has 0 aliphatic carbocycles. The molecule has 176 valence electrons. The van der Waals surface area contributed by atoms with Crippen molar-refractivity contribution in [2.75, 3.05) is 25.9 Å². The average molecular weight is 482 g/mol. The number of nitrogen functional groups attached to an aromatic ring is 1. The number of aryl methyl sites for hydroxylation is 1. The Labute approximate surface area is 188 Å². The van der Waals surface area contributed by atoms with Crippen molar-refractivity contribution in [2.24, 2.45) is 0 Å². The van der Waals surface area contributed by atoms with Gasteiger partial charge in [0.1, 0.15) is 18.1 Å². The van der Waals surface area contributed by atoms with E-state index in [9.17, 15) is 21.6 Å². The molecule has 0 saturated heterocycles. The Hall–Kier alpha value is -3.29. The van der Waals surface area contributed by atoms with Gasteiger partial charge in [-0.15, -0.1) is 0 Å². The Morgan fingerprint density at radius 2 is 1.79 bits per heavy atom. The maximum Gasteiger partial charge on any atom is 0.280 e. The highest BCUT2D eigenvalue weighted by Crippen LogP contribution is 2.39. The summed E-state index contributed by atoms with van der Waals surface area (Å²) in [7, 11) is -2.44. The van der Waals surface area contributed by atoms with Gasteiger partial charge in [0.15, 0.2) is 0 Å². The van der Waals surface area contributed by atoms with E-state index >= 15 is 0 Å². The molecule has 0 aliphatic heterocycles. The number of hydrogen-bond donors (Lipinski definition) is 3. The molecule has 0 saturated carbocycles. The fourth-order valence-corrected chi connectivity index (χ4v) is 3.48. The van der Waals surface area contributed by atoms with E-state index in [2.05, 4.69) is 24.4 Å². The fraction of sp³-hybridized carbons (Fsp3) is 0.250. The smallest absolute Gasteiger partial charge is 0.280 e. The zero-order valence-corrected chi connectivity index (χ0v) is 18.5. The molecule has 0 unspecified atom stereocenters. The van der Waals surface area contributed by atoms with Crippen molar-refractivity contribution in [2.45, 2.75) is 13.3 Å². The number of ether oxygens (including phenoxy) is 1. The van der Waals surface area contributed by atoms with Gasteiger partial charge < -0.3 is 10.5 Å². The lowest BCUT2D eigenvalue weighted by molar-refractivity contribution is 0.146. The number of nitrogens with two attached hydrogens (primary N) is 1. The van der Waals surface area contributed by atoms with Crippen LogP contribution in [-0.4, -0.2) is 43.6 Å². The van der Waals surface area contributed by atoms with Gasteiger partial charge in [0, 0.05) is 24.8 Å². The lowest BCUT2D eigenvalue weighted by Crippen LogP contribution is -2.36. The first-order chi connectivity index (χ1) is 15.6. The largest absolute Gasteiger partial charge is 0.476 e. The van der Waals surface area contributed by atoms with Crippen LogP contribution in [0.1, 0.15) is 17.8 Å². The molecule has 0 amide bonds. The van der Waals surface area contributed by atoms with Crippen molar-refractivity contribution >= 4 is 16.2 Å². The maximum atomic E-state index is 13.5. The van der Waals surface area contributed by atoms with Gasteiger partial charge in [-0.3, -0.25) is 4.98 Å².